The fourth-order valence-electron chi connectivity index (χ4n) is 3.34. The van der Waals surface area contributed by atoms with Crippen LogP contribution in [-0.2, 0) is 9.53 Å². The van der Waals surface area contributed by atoms with E-state index in [0.29, 0.717) is 18.0 Å². The first-order chi connectivity index (χ1) is 13.1. The van der Waals surface area contributed by atoms with E-state index in [4.69, 9.17) is 9.47 Å². The number of carbonyl (C=O) groups is 2. The Morgan fingerprint density at radius 2 is 2.11 bits per heavy atom. The number of nitrogens with zero attached hydrogens (tertiary/aromatic N) is 2. The Morgan fingerprint density at radius 3 is 2.81 bits per heavy atom. The summed E-state index contributed by atoms with van der Waals surface area (Å²) >= 11 is 0. The van der Waals surface area contributed by atoms with Crippen molar-refractivity contribution in [3.63, 3.8) is 0 Å². The molecule has 2 N–H and O–H groups in total. The summed E-state index contributed by atoms with van der Waals surface area (Å²) in [5.41, 5.74) is 2.57. The van der Waals surface area contributed by atoms with E-state index >= 15 is 0 Å². The number of pyridine rings is 1. The van der Waals surface area contributed by atoms with Crippen molar-refractivity contribution in [3.05, 3.63) is 36.5 Å². The first-order valence-corrected chi connectivity index (χ1v) is 8.72. The summed E-state index contributed by atoms with van der Waals surface area (Å²) in [6, 6.07) is 9.28. The molecule has 2 atom stereocenters. The Morgan fingerprint density at radius 1 is 1.30 bits per heavy atom. The lowest BCUT2D eigenvalue weighted by Crippen LogP contribution is -2.47. The molecule has 2 aromatic rings. The van der Waals surface area contributed by atoms with Crippen molar-refractivity contribution in [1.82, 2.24) is 10.3 Å². The summed E-state index contributed by atoms with van der Waals surface area (Å²) in [5.74, 6) is 1.25. The SMILES string of the molecule is CNc1ccc(-c2ccc3c(c2)OCC2C(CNC(C)=O)OC(=O)N32)cn1. The Kier molecular flexibility index (Phi) is 4.31. The van der Waals surface area contributed by atoms with Gasteiger partial charge in [-0.2, -0.15) is 0 Å². The zero-order chi connectivity index (χ0) is 19.0. The molecule has 1 aromatic carbocycles. The molecule has 1 aromatic heterocycles. The number of amides is 2. The van der Waals surface area contributed by atoms with E-state index < -0.39 is 12.2 Å². The van der Waals surface area contributed by atoms with Crippen LogP contribution in [0, 0.1) is 0 Å². The highest BCUT2D eigenvalue weighted by atomic mass is 16.6. The van der Waals surface area contributed by atoms with Crippen molar-refractivity contribution < 1.29 is 19.1 Å². The van der Waals surface area contributed by atoms with Crippen molar-refractivity contribution in [2.24, 2.45) is 0 Å². The summed E-state index contributed by atoms with van der Waals surface area (Å²) in [7, 11) is 1.82. The molecule has 0 radical (unpaired) electrons. The number of benzene rings is 1. The molecule has 1 fully saturated rings. The van der Waals surface area contributed by atoms with E-state index in [0.717, 1.165) is 16.9 Å². The standard InChI is InChI=1S/C19H20N4O4/c1-11(24)21-9-17-15-10-26-16-7-12(13-4-6-18(20-2)22-8-13)3-5-14(16)23(15)19(25)27-17/h3-8,15,17H,9-10H2,1-2H3,(H,20,22)(H,21,24). The number of rotatable bonds is 4. The molecule has 0 spiro atoms. The molecule has 140 valence electrons. The molecule has 0 bridgehead atoms. The lowest BCUT2D eigenvalue weighted by atomic mass is 10.0. The van der Waals surface area contributed by atoms with E-state index in [1.165, 1.54) is 6.92 Å². The van der Waals surface area contributed by atoms with Gasteiger partial charge in [0, 0.05) is 25.7 Å². The number of nitrogens with one attached hydrogen (secondary N) is 2. The molecule has 8 heteroatoms. The first kappa shape index (κ1) is 17.1. The van der Waals surface area contributed by atoms with Crippen LogP contribution in [0.3, 0.4) is 0 Å². The molecule has 2 unspecified atom stereocenters. The van der Waals surface area contributed by atoms with Crippen LogP contribution in [0.2, 0.25) is 0 Å². The van der Waals surface area contributed by atoms with Crippen molar-refractivity contribution in [2.45, 2.75) is 19.1 Å². The third-order valence-electron chi connectivity index (χ3n) is 4.74. The van der Waals surface area contributed by atoms with Crippen molar-refractivity contribution >= 4 is 23.5 Å². The zero-order valence-corrected chi connectivity index (χ0v) is 15.1. The van der Waals surface area contributed by atoms with Gasteiger partial charge in [-0.05, 0) is 29.8 Å². The smallest absolute Gasteiger partial charge is 0.415 e. The predicted octanol–water partition coefficient (Wildman–Crippen LogP) is 2.01. The Labute approximate surface area is 156 Å². The Bertz CT molecular complexity index is 884. The van der Waals surface area contributed by atoms with Gasteiger partial charge >= 0.3 is 6.09 Å². The van der Waals surface area contributed by atoms with Crippen LogP contribution in [0.4, 0.5) is 16.3 Å². The number of anilines is 2. The van der Waals surface area contributed by atoms with Crippen LogP contribution in [0.5, 0.6) is 5.75 Å². The van der Waals surface area contributed by atoms with Gasteiger partial charge in [0.15, 0.2) is 0 Å². The average molecular weight is 368 g/mol. The maximum atomic E-state index is 12.4. The molecular formula is C19H20N4O4. The number of cyclic esters (lactones) is 1. The number of ether oxygens (including phenoxy) is 2. The summed E-state index contributed by atoms with van der Waals surface area (Å²) in [5, 5.41) is 5.68. The number of aromatic nitrogens is 1. The van der Waals surface area contributed by atoms with Gasteiger partial charge in [-0.25, -0.2) is 9.78 Å². The number of hydrogen-bond donors (Lipinski definition) is 2. The van der Waals surface area contributed by atoms with Crippen LogP contribution in [0.15, 0.2) is 36.5 Å². The maximum absolute atomic E-state index is 12.4. The second kappa shape index (κ2) is 6.79. The van der Waals surface area contributed by atoms with E-state index in [2.05, 4.69) is 15.6 Å². The highest BCUT2D eigenvalue weighted by Crippen LogP contribution is 2.40. The summed E-state index contributed by atoms with van der Waals surface area (Å²) in [4.78, 5) is 29.5. The van der Waals surface area contributed by atoms with E-state index in [1.807, 2.05) is 37.4 Å². The molecule has 2 aliphatic rings. The lowest BCUT2D eigenvalue weighted by Gasteiger charge is -2.31. The molecular weight excluding hydrogens is 348 g/mol. The van der Waals surface area contributed by atoms with E-state index in [-0.39, 0.29) is 18.5 Å². The van der Waals surface area contributed by atoms with Crippen LogP contribution in [0.1, 0.15) is 6.92 Å². The minimum Gasteiger partial charge on any atom is -0.489 e. The molecule has 8 nitrogen and oxygen atoms in total. The largest absolute Gasteiger partial charge is 0.489 e. The van der Waals surface area contributed by atoms with Gasteiger partial charge in [0.1, 0.15) is 30.3 Å². The highest BCUT2D eigenvalue weighted by molar-refractivity contribution is 5.94. The second-order valence-corrected chi connectivity index (χ2v) is 6.47. The van der Waals surface area contributed by atoms with Gasteiger partial charge in [0.05, 0.1) is 12.2 Å². The maximum Gasteiger partial charge on any atom is 0.415 e. The first-order valence-electron chi connectivity index (χ1n) is 8.72. The molecule has 1 saturated heterocycles. The number of carbonyl (C=O) groups excluding carboxylic acids is 2. The van der Waals surface area contributed by atoms with Gasteiger partial charge in [-0.15, -0.1) is 0 Å². The second-order valence-electron chi connectivity index (χ2n) is 6.47. The number of hydrogen-bond acceptors (Lipinski definition) is 6. The van der Waals surface area contributed by atoms with Crippen molar-refractivity contribution in [2.75, 3.05) is 30.4 Å². The molecule has 2 aliphatic heterocycles. The highest BCUT2D eigenvalue weighted by Gasteiger charge is 2.46. The minimum atomic E-state index is -0.437. The summed E-state index contributed by atoms with van der Waals surface area (Å²) in [6.07, 6.45) is 0.924. The third kappa shape index (κ3) is 3.14. The fraction of sp³-hybridized carbons (Fsp3) is 0.316. The molecule has 27 heavy (non-hydrogen) atoms. The topological polar surface area (TPSA) is 92.8 Å². The van der Waals surface area contributed by atoms with Crippen LogP contribution >= 0.6 is 0 Å². The molecule has 0 aliphatic carbocycles. The van der Waals surface area contributed by atoms with Gasteiger partial charge in [0.25, 0.3) is 0 Å². The van der Waals surface area contributed by atoms with Gasteiger partial charge in [-0.3, -0.25) is 9.69 Å². The third-order valence-corrected chi connectivity index (χ3v) is 4.74. The molecule has 4 rings (SSSR count). The van der Waals surface area contributed by atoms with Crippen LogP contribution < -0.4 is 20.3 Å². The number of fused-ring (bicyclic) bond motifs is 3. The van der Waals surface area contributed by atoms with Crippen LogP contribution in [-0.4, -0.2) is 49.3 Å². The van der Waals surface area contributed by atoms with Gasteiger partial charge in [-0.1, -0.05) is 6.07 Å². The Hall–Kier alpha value is -3.29. The lowest BCUT2D eigenvalue weighted by molar-refractivity contribution is -0.119. The molecule has 0 saturated carbocycles. The average Bonchev–Trinajstić information content (AvgIpc) is 3.02. The summed E-state index contributed by atoms with van der Waals surface area (Å²) in [6.45, 7) is 2.01. The zero-order valence-electron chi connectivity index (χ0n) is 15.1. The minimum absolute atomic E-state index is 0.163. The van der Waals surface area contributed by atoms with Crippen molar-refractivity contribution in [3.8, 4) is 16.9 Å². The Balaban J connectivity index is 1.59. The predicted molar refractivity (Wildman–Crippen MR) is 99.9 cm³/mol. The van der Waals surface area contributed by atoms with E-state index in [1.54, 1.807) is 11.1 Å². The monoisotopic (exact) mass is 368 g/mol. The summed E-state index contributed by atoms with van der Waals surface area (Å²) < 4.78 is 11.3. The van der Waals surface area contributed by atoms with Crippen LogP contribution in [0.25, 0.3) is 11.1 Å². The van der Waals surface area contributed by atoms with Gasteiger partial charge in [0.2, 0.25) is 5.91 Å². The van der Waals surface area contributed by atoms with Gasteiger partial charge < -0.3 is 20.1 Å². The van der Waals surface area contributed by atoms with Crippen molar-refractivity contribution in [1.29, 1.82) is 0 Å². The molecule has 3 heterocycles. The fourth-order valence-corrected chi connectivity index (χ4v) is 3.34. The molecule has 2 amide bonds. The quantitative estimate of drug-likeness (QED) is 0.858. The normalized spacial score (nSPS) is 20.2. The van der Waals surface area contributed by atoms with E-state index in [9.17, 15) is 9.59 Å².